The number of aromatic nitrogens is 2. The van der Waals surface area contributed by atoms with Gasteiger partial charge in [-0.1, -0.05) is 12.1 Å². The molecule has 6 heteroatoms. The van der Waals surface area contributed by atoms with Gasteiger partial charge in [0.25, 0.3) is 5.91 Å². The maximum absolute atomic E-state index is 13.1. The summed E-state index contributed by atoms with van der Waals surface area (Å²) in [5, 5.41) is 7.16. The Morgan fingerprint density at radius 3 is 2.38 bits per heavy atom. The molecule has 0 saturated carbocycles. The largest absolute Gasteiger partial charge is 0.378 e. The minimum absolute atomic E-state index is 0.187. The normalized spacial score (nSPS) is 10.6. The lowest BCUT2D eigenvalue weighted by atomic mass is 10.2. The molecule has 1 aromatic heterocycles. The topological polar surface area (TPSA) is 50.2 Å². The number of carbonyl (C=O) groups is 1. The maximum atomic E-state index is 13.1. The van der Waals surface area contributed by atoms with Crippen molar-refractivity contribution >= 4 is 11.6 Å². The fraction of sp³-hybridized carbons (Fsp3) is 0.200. The highest BCUT2D eigenvalue weighted by atomic mass is 19.1. The van der Waals surface area contributed by atoms with Gasteiger partial charge in [-0.2, -0.15) is 5.10 Å². The standard InChI is InChI=1S/C20H21FN4O/c1-14-19(13-23-25(14)18-10-6-16(21)7-11-18)20(26)22-12-15-4-8-17(9-5-15)24(2)3/h4-11,13H,12H2,1-3H3,(H,22,26). The predicted molar refractivity (Wildman–Crippen MR) is 100 cm³/mol. The lowest BCUT2D eigenvalue weighted by molar-refractivity contribution is 0.0950. The summed E-state index contributed by atoms with van der Waals surface area (Å²) in [7, 11) is 3.97. The Hall–Kier alpha value is -3.15. The van der Waals surface area contributed by atoms with Crippen molar-refractivity contribution in [1.82, 2.24) is 15.1 Å². The maximum Gasteiger partial charge on any atom is 0.255 e. The zero-order chi connectivity index (χ0) is 18.7. The number of nitrogens with one attached hydrogen (secondary N) is 1. The van der Waals surface area contributed by atoms with Gasteiger partial charge in [0, 0.05) is 26.3 Å². The lowest BCUT2D eigenvalue weighted by Gasteiger charge is -2.13. The van der Waals surface area contributed by atoms with Gasteiger partial charge in [0.2, 0.25) is 0 Å². The van der Waals surface area contributed by atoms with E-state index < -0.39 is 0 Å². The Labute approximate surface area is 152 Å². The molecule has 1 heterocycles. The van der Waals surface area contributed by atoms with E-state index in [9.17, 15) is 9.18 Å². The SMILES string of the molecule is Cc1c(C(=O)NCc2ccc(N(C)C)cc2)cnn1-c1ccc(F)cc1. The van der Waals surface area contributed by atoms with Crippen molar-refractivity contribution in [2.75, 3.05) is 19.0 Å². The van der Waals surface area contributed by atoms with Crippen LogP contribution in [0, 0.1) is 12.7 Å². The Balaban J connectivity index is 1.69. The lowest BCUT2D eigenvalue weighted by Crippen LogP contribution is -2.23. The van der Waals surface area contributed by atoms with E-state index in [1.54, 1.807) is 16.8 Å². The molecule has 0 aliphatic carbocycles. The second-order valence-corrected chi connectivity index (χ2v) is 6.28. The van der Waals surface area contributed by atoms with E-state index in [0.29, 0.717) is 23.5 Å². The van der Waals surface area contributed by atoms with Crippen LogP contribution in [-0.2, 0) is 6.54 Å². The Kier molecular flexibility index (Phi) is 5.02. The number of nitrogens with zero attached hydrogens (tertiary/aromatic N) is 3. The van der Waals surface area contributed by atoms with Crippen LogP contribution in [0.4, 0.5) is 10.1 Å². The van der Waals surface area contributed by atoms with Gasteiger partial charge in [0.1, 0.15) is 5.82 Å². The van der Waals surface area contributed by atoms with Crippen LogP contribution in [0.2, 0.25) is 0 Å². The molecule has 0 atom stereocenters. The second-order valence-electron chi connectivity index (χ2n) is 6.28. The molecule has 0 fully saturated rings. The van der Waals surface area contributed by atoms with Crippen LogP contribution in [0.3, 0.4) is 0 Å². The van der Waals surface area contributed by atoms with Crippen LogP contribution in [0.1, 0.15) is 21.6 Å². The molecule has 0 spiro atoms. The molecule has 5 nitrogen and oxygen atoms in total. The van der Waals surface area contributed by atoms with Crippen LogP contribution in [-0.4, -0.2) is 29.8 Å². The number of benzene rings is 2. The van der Waals surface area contributed by atoms with Gasteiger partial charge in [-0.05, 0) is 48.9 Å². The summed E-state index contributed by atoms with van der Waals surface area (Å²) in [5.74, 6) is -0.496. The molecule has 0 unspecified atom stereocenters. The summed E-state index contributed by atoms with van der Waals surface area (Å²) >= 11 is 0. The molecular formula is C20H21FN4O. The van der Waals surface area contributed by atoms with Gasteiger partial charge in [-0.3, -0.25) is 4.79 Å². The summed E-state index contributed by atoms with van der Waals surface area (Å²) in [6.45, 7) is 2.25. The molecule has 0 radical (unpaired) electrons. The number of amides is 1. The Bertz CT molecular complexity index is 899. The van der Waals surface area contributed by atoms with Crippen molar-refractivity contribution in [2.24, 2.45) is 0 Å². The van der Waals surface area contributed by atoms with Gasteiger partial charge in [0.05, 0.1) is 23.1 Å². The molecular weight excluding hydrogens is 331 g/mol. The summed E-state index contributed by atoms with van der Waals surface area (Å²) in [5.41, 5.74) is 4.04. The monoisotopic (exact) mass is 352 g/mol. The summed E-state index contributed by atoms with van der Waals surface area (Å²) < 4.78 is 14.7. The summed E-state index contributed by atoms with van der Waals surface area (Å²) in [6, 6.07) is 14.0. The quantitative estimate of drug-likeness (QED) is 0.766. The Morgan fingerprint density at radius 1 is 1.12 bits per heavy atom. The smallest absolute Gasteiger partial charge is 0.255 e. The average molecular weight is 352 g/mol. The minimum atomic E-state index is -0.309. The third-order valence-corrected chi connectivity index (χ3v) is 4.23. The zero-order valence-corrected chi connectivity index (χ0v) is 15.0. The first-order chi connectivity index (χ1) is 12.5. The van der Waals surface area contributed by atoms with Crippen molar-refractivity contribution < 1.29 is 9.18 Å². The molecule has 1 amide bonds. The third kappa shape index (κ3) is 3.74. The highest BCUT2D eigenvalue weighted by molar-refractivity contribution is 5.95. The molecule has 0 bridgehead atoms. The van der Waals surface area contributed by atoms with Gasteiger partial charge in [-0.15, -0.1) is 0 Å². The van der Waals surface area contributed by atoms with Crippen molar-refractivity contribution in [3.8, 4) is 5.69 Å². The molecule has 1 N–H and O–H groups in total. The molecule has 3 aromatic rings. The van der Waals surface area contributed by atoms with Crippen LogP contribution < -0.4 is 10.2 Å². The van der Waals surface area contributed by atoms with Gasteiger partial charge in [-0.25, -0.2) is 9.07 Å². The number of halogens is 1. The van der Waals surface area contributed by atoms with Crippen LogP contribution in [0.25, 0.3) is 5.69 Å². The van der Waals surface area contributed by atoms with Gasteiger partial charge >= 0.3 is 0 Å². The summed E-state index contributed by atoms with van der Waals surface area (Å²) in [6.07, 6.45) is 1.53. The van der Waals surface area contributed by atoms with E-state index in [0.717, 1.165) is 11.3 Å². The Morgan fingerprint density at radius 2 is 1.77 bits per heavy atom. The van der Waals surface area contributed by atoms with E-state index in [4.69, 9.17) is 0 Å². The van der Waals surface area contributed by atoms with E-state index in [1.165, 1.54) is 18.3 Å². The van der Waals surface area contributed by atoms with E-state index in [2.05, 4.69) is 10.4 Å². The molecule has 0 aliphatic rings. The molecule has 3 rings (SSSR count). The molecule has 0 saturated heterocycles. The van der Waals surface area contributed by atoms with Crippen LogP contribution in [0.5, 0.6) is 0 Å². The minimum Gasteiger partial charge on any atom is -0.378 e. The average Bonchev–Trinajstić information content (AvgIpc) is 3.02. The summed E-state index contributed by atoms with van der Waals surface area (Å²) in [4.78, 5) is 14.5. The fourth-order valence-electron chi connectivity index (χ4n) is 2.66. The number of hydrogen-bond donors (Lipinski definition) is 1. The number of anilines is 1. The van der Waals surface area contributed by atoms with Crippen molar-refractivity contribution in [1.29, 1.82) is 0 Å². The fourth-order valence-corrected chi connectivity index (χ4v) is 2.66. The van der Waals surface area contributed by atoms with Gasteiger partial charge in [0.15, 0.2) is 0 Å². The number of carbonyl (C=O) groups excluding carboxylic acids is 1. The number of rotatable bonds is 5. The first-order valence-electron chi connectivity index (χ1n) is 8.31. The van der Waals surface area contributed by atoms with E-state index in [-0.39, 0.29) is 11.7 Å². The second kappa shape index (κ2) is 7.39. The van der Waals surface area contributed by atoms with Gasteiger partial charge < -0.3 is 10.2 Å². The van der Waals surface area contributed by atoms with Crippen molar-refractivity contribution in [3.63, 3.8) is 0 Å². The number of hydrogen-bond acceptors (Lipinski definition) is 3. The van der Waals surface area contributed by atoms with Crippen molar-refractivity contribution in [3.05, 3.63) is 77.4 Å². The molecule has 26 heavy (non-hydrogen) atoms. The molecule has 2 aromatic carbocycles. The van der Waals surface area contributed by atoms with Crippen LogP contribution in [0.15, 0.2) is 54.7 Å². The highest BCUT2D eigenvalue weighted by Crippen LogP contribution is 2.15. The molecule has 0 aliphatic heterocycles. The van der Waals surface area contributed by atoms with Crippen molar-refractivity contribution in [2.45, 2.75) is 13.5 Å². The molecule has 134 valence electrons. The van der Waals surface area contributed by atoms with Crippen LogP contribution >= 0.6 is 0 Å². The van der Waals surface area contributed by atoms with E-state index >= 15 is 0 Å². The first kappa shape index (κ1) is 17.7. The van der Waals surface area contributed by atoms with E-state index in [1.807, 2.05) is 50.2 Å². The predicted octanol–water partition coefficient (Wildman–Crippen LogP) is 3.32. The highest BCUT2D eigenvalue weighted by Gasteiger charge is 2.15. The first-order valence-corrected chi connectivity index (χ1v) is 8.31. The zero-order valence-electron chi connectivity index (χ0n) is 15.0. The third-order valence-electron chi connectivity index (χ3n) is 4.23.